The molecule has 1 saturated heterocycles. The summed E-state index contributed by atoms with van der Waals surface area (Å²) in [5.41, 5.74) is 2.53. The zero-order valence-electron chi connectivity index (χ0n) is 17.2. The largest absolute Gasteiger partial charge is 0.372 e. The highest BCUT2D eigenvalue weighted by molar-refractivity contribution is 6.04. The molecule has 0 spiro atoms. The molecule has 28 heavy (non-hydrogen) atoms. The van der Waals surface area contributed by atoms with Crippen molar-refractivity contribution in [3.63, 3.8) is 0 Å². The van der Waals surface area contributed by atoms with E-state index in [0.717, 1.165) is 63.0 Å². The van der Waals surface area contributed by atoms with Gasteiger partial charge in [-0.3, -0.25) is 4.79 Å². The van der Waals surface area contributed by atoms with Gasteiger partial charge in [0.1, 0.15) is 5.82 Å². The molecule has 1 N–H and O–H groups in total. The number of benzene rings is 1. The van der Waals surface area contributed by atoms with E-state index in [1.54, 1.807) is 6.20 Å². The van der Waals surface area contributed by atoms with Crippen molar-refractivity contribution < 1.29 is 4.79 Å². The Labute approximate surface area is 168 Å². The molecule has 0 saturated carbocycles. The number of carbonyl (C=O) groups is 1. The van der Waals surface area contributed by atoms with Crippen molar-refractivity contribution in [2.75, 3.05) is 60.9 Å². The first-order valence-corrected chi connectivity index (χ1v) is 10.2. The van der Waals surface area contributed by atoms with Crippen LogP contribution in [-0.2, 0) is 0 Å². The van der Waals surface area contributed by atoms with Crippen molar-refractivity contribution in [2.24, 2.45) is 0 Å². The first-order chi connectivity index (χ1) is 13.6. The SMILES string of the molecule is CCN1CCN(c2ccc(C(=O)Nc3ccc(N(CC)CC)cc3)cn2)CC1. The third-order valence-electron chi connectivity index (χ3n) is 5.41. The van der Waals surface area contributed by atoms with Crippen LogP contribution in [0.1, 0.15) is 31.1 Å². The van der Waals surface area contributed by atoms with Crippen LogP contribution in [0.25, 0.3) is 0 Å². The van der Waals surface area contributed by atoms with Crippen LogP contribution in [0.2, 0.25) is 0 Å². The van der Waals surface area contributed by atoms with Crippen molar-refractivity contribution in [1.29, 1.82) is 0 Å². The Morgan fingerprint density at radius 2 is 1.68 bits per heavy atom. The van der Waals surface area contributed by atoms with Gasteiger partial charge < -0.3 is 20.0 Å². The van der Waals surface area contributed by atoms with E-state index in [2.05, 4.69) is 45.8 Å². The van der Waals surface area contributed by atoms with E-state index in [1.165, 1.54) is 0 Å². The number of hydrogen-bond acceptors (Lipinski definition) is 5. The quantitative estimate of drug-likeness (QED) is 0.797. The van der Waals surface area contributed by atoms with Gasteiger partial charge in [0.15, 0.2) is 0 Å². The second-order valence-corrected chi connectivity index (χ2v) is 7.00. The number of anilines is 3. The summed E-state index contributed by atoms with van der Waals surface area (Å²) in [4.78, 5) is 24.0. The second-order valence-electron chi connectivity index (χ2n) is 7.00. The van der Waals surface area contributed by atoms with Gasteiger partial charge in [0.05, 0.1) is 5.56 Å². The Balaban J connectivity index is 1.59. The maximum atomic E-state index is 12.5. The van der Waals surface area contributed by atoms with Crippen LogP contribution in [0.4, 0.5) is 17.2 Å². The number of pyridine rings is 1. The lowest BCUT2D eigenvalue weighted by atomic mass is 10.2. The van der Waals surface area contributed by atoms with Crippen molar-refractivity contribution in [3.8, 4) is 0 Å². The van der Waals surface area contributed by atoms with Gasteiger partial charge in [-0.2, -0.15) is 0 Å². The summed E-state index contributed by atoms with van der Waals surface area (Å²) in [6.45, 7) is 13.6. The Morgan fingerprint density at radius 1 is 1.00 bits per heavy atom. The maximum absolute atomic E-state index is 12.5. The summed E-state index contributed by atoms with van der Waals surface area (Å²) in [7, 11) is 0. The second kappa shape index (κ2) is 9.55. The molecule has 0 unspecified atom stereocenters. The zero-order chi connectivity index (χ0) is 19.9. The van der Waals surface area contributed by atoms with E-state index in [1.807, 2.05) is 36.4 Å². The minimum absolute atomic E-state index is 0.134. The fourth-order valence-electron chi connectivity index (χ4n) is 3.55. The topological polar surface area (TPSA) is 51.7 Å². The number of likely N-dealkylation sites (N-methyl/N-ethyl adjacent to an activating group) is 1. The third kappa shape index (κ3) is 4.81. The van der Waals surface area contributed by atoms with Crippen LogP contribution >= 0.6 is 0 Å². The average Bonchev–Trinajstić information content (AvgIpc) is 2.76. The monoisotopic (exact) mass is 381 g/mol. The Morgan fingerprint density at radius 3 is 2.21 bits per heavy atom. The maximum Gasteiger partial charge on any atom is 0.257 e. The van der Waals surface area contributed by atoms with Crippen molar-refractivity contribution in [3.05, 3.63) is 48.2 Å². The smallest absolute Gasteiger partial charge is 0.257 e. The van der Waals surface area contributed by atoms with E-state index in [4.69, 9.17) is 0 Å². The molecule has 1 fully saturated rings. The fraction of sp³-hybridized carbons (Fsp3) is 0.455. The number of rotatable bonds is 7. The average molecular weight is 382 g/mol. The lowest BCUT2D eigenvalue weighted by Crippen LogP contribution is -2.46. The number of nitrogens with zero attached hydrogens (tertiary/aromatic N) is 4. The summed E-state index contributed by atoms with van der Waals surface area (Å²) >= 11 is 0. The van der Waals surface area contributed by atoms with E-state index in [0.29, 0.717) is 5.56 Å². The number of nitrogens with one attached hydrogen (secondary N) is 1. The van der Waals surface area contributed by atoms with Crippen LogP contribution in [0.15, 0.2) is 42.6 Å². The van der Waals surface area contributed by atoms with Crippen molar-refractivity contribution in [2.45, 2.75) is 20.8 Å². The summed E-state index contributed by atoms with van der Waals surface area (Å²) in [5.74, 6) is 0.807. The normalized spacial score (nSPS) is 14.8. The van der Waals surface area contributed by atoms with E-state index in [-0.39, 0.29) is 5.91 Å². The summed E-state index contributed by atoms with van der Waals surface area (Å²) in [6, 6.07) is 11.8. The standard InChI is InChI=1S/C22H31N5O/c1-4-25-13-15-27(16-14-25)21-12-7-18(17-23-21)22(28)24-19-8-10-20(11-9-19)26(5-2)6-3/h7-12,17H,4-6,13-16H2,1-3H3,(H,24,28). The predicted molar refractivity (Wildman–Crippen MR) is 117 cm³/mol. The lowest BCUT2D eigenvalue weighted by Gasteiger charge is -2.34. The van der Waals surface area contributed by atoms with Crippen LogP contribution in [0.5, 0.6) is 0 Å². The number of amides is 1. The summed E-state index contributed by atoms with van der Waals surface area (Å²) in [5, 5.41) is 2.96. The van der Waals surface area contributed by atoms with Gasteiger partial charge in [0.25, 0.3) is 5.91 Å². The van der Waals surface area contributed by atoms with Crippen molar-refractivity contribution in [1.82, 2.24) is 9.88 Å². The molecule has 3 rings (SSSR count). The molecule has 2 aromatic rings. The molecular weight excluding hydrogens is 350 g/mol. The first kappa shape index (κ1) is 20.1. The van der Waals surface area contributed by atoms with Crippen LogP contribution in [0, 0.1) is 0 Å². The molecule has 0 aliphatic carbocycles. The van der Waals surface area contributed by atoms with Gasteiger partial charge in [-0.15, -0.1) is 0 Å². The Bertz CT molecular complexity index is 748. The molecule has 1 aromatic heterocycles. The molecule has 2 heterocycles. The summed E-state index contributed by atoms with van der Waals surface area (Å²) < 4.78 is 0. The lowest BCUT2D eigenvalue weighted by molar-refractivity contribution is 0.102. The molecule has 6 heteroatoms. The molecule has 6 nitrogen and oxygen atoms in total. The first-order valence-electron chi connectivity index (χ1n) is 10.2. The summed E-state index contributed by atoms with van der Waals surface area (Å²) in [6.07, 6.45) is 1.67. The van der Waals surface area contributed by atoms with Crippen molar-refractivity contribution >= 4 is 23.1 Å². The third-order valence-corrected chi connectivity index (χ3v) is 5.41. The molecule has 0 radical (unpaired) electrons. The van der Waals surface area contributed by atoms with Crippen LogP contribution in [-0.4, -0.2) is 61.6 Å². The Kier molecular flexibility index (Phi) is 6.87. The minimum Gasteiger partial charge on any atom is -0.372 e. The predicted octanol–water partition coefficient (Wildman–Crippen LogP) is 3.32. The van der Waals surface area contributed by atoms with Gasteiger partial charge in [0.2, 0.25) is 0 Å². The van der Waals surface area contributed by atoms with E-state index in [9.17, 15) is 4.79 Å². The molecule has 0 atom stereocenters. The molecule has 1 aliphatic heterocycles. The molecule has 1 aromatic carbocycles. The van der Waals surface area contributed by atoms with Gasteiger partial charge in [-0.25, -0.2) is 4.98 Å². The van der Waals surface area contributed by atoms with Gasteiger partial charge in [-0.1, -0.05) is 6.92 Å². The molecular formula is C22H31N5O. The number of hydrogen-bond donors (Lipinski definition) is 1. The molecule has 0 bridgehead atoms. The van der Waals surface area contributed by atoms with Crippen LogP contribution < -0.4 is 15.1 Å². The molecule has 1 aliphatic rings. The van der Waals surface area contributed by atoms with E-state index < -0.39 is 0 Å². The minimum atomic E-state index is -0.134. The molecule has 150 valence electrons. The van der Waals surface area contributed by atoms with Gasteiger partial charge >= 0.3 is 0 Å². The number of piperazine rings is 1. The number of aromatic nitrogens is 1. The van der Waals surface area contributed by atoms with E-state index >= 15 is 0 Å². The zero-order valence-corrected chi connectivity index (χ0v) is 17.2. The number of carbonyl (C=O) groups excluding carboxylic acids is 1. The van der Waals surface area contributed by atoms with Gasteiger partial charge in [0, 0.05) is 56.8 Å². The highest BCUT2D eigenvalue weighted by atomic mass is 16.1. The van der Waals surface area contributed by atoms with Gasteiger partial charge in [-0.05, 0) is 56.8 Å². The van der Waals surface area contributed by atoms with Crippen LogP contribution in [0.3, 0.4) is 0 Å². The Hall–Kier alpha value is -2.60. The highest BCUT2D eigenvalue weighted by Gasteiger charge is 2.17. The fourth-order valence-corrected chi connectivity index (χ4v) is 3.55. The highest BCUT2D eigenvalue weighted by Crippen LogP contribution is 2.19. The molecule has 1 amide bonds.